The molecule has 0 unspecified atom stereocenters. The Balaban J connectivity index is 0.00000136. The molecule has 0 aliphatic carbocycles. The lowest BCUT2D eigenvalue weighted by Gasteiger charge is -2.55. The Morgan fingerprint density at radius 3 is 2.71 bits per heavy atom. The maximum atomic E-state index is 12.8. The summed E-state index contributed by atoms with van der Waals surface area (Å²) in [4.78, 5) is 22.2. The summed E-state index contributed by atoms with van der Waals surface area (Å²) in [5.41, 5.74) is 0.646. The molecule has 0 saturated carbocycles. The summed E-state index contributed by atoms with van der Waals surface area (Å²) in [6.07, 6.45) is 6.98. The highest BCUT2D eigenvalue weighted by atomic mass is 35.5. The van der Waals surface area contributed by atoms with Crippen LogP contribution in [0.4, 0.5) is 5.82 Å². The average molecular weight is 472 g/mol. The van der Waals surface area contributed by atoms with Crippen molar-refractivity contribution in [3.8, 4) is 0 Å². The molecule has 0 radical (unpaired) electrons. The normalized spacial score (nSPS) is 30.4. The first-order valence-corrected chi connectivity index (χ1v) is 11.3. The van der Waals surface area contributed by atoms with Gasteiger partial charge in [0.25, 0.3) is 5.91 Å². The van der Waals surface area contributed by atoms with Crippen LogP contribution in [-0.2, 0) is 4.74 Å². The standard InChI is InChI=1S/C22H33N5O2.2ClH/c28-22(16-4-5-21(24-14-16)26-7-9-29-10-8-26)25-15-20-18-11-17(12-23-13-18)19-3-1-2-6-27(19)20;;/h4-5,14,17-20,23H,1-3,6-13,15H2,(H,25,28);2*1H/t17-,18+,19+,20+;;/m1../s1. The van der Waals surface area contributed by atoms with Crippen LogP contribution in [0.25, 0.3) is 0 Å². The number of aromatic nitrogens is 1. The fourth-order valence-electron chi connectivity index (χ4n) is 5.85. The molecule has 5 rings (SSSR count). The third-order valence-electron chi connectivity index (χ3n) is 7.34. The van der Waals surface area contributed by atoms with Crippen molar-refractivity contribution >= 4 is 36.5 Å². The highest BCUT2D eigenvalue weighted by molar-refractivity contribution is 5.94. The number of carbonyl (C=O) groups is 1. The van der Waals surface area contributed by atoms with E-state index in [-0.39, 0.29) is 30.7 Å². The number of nitrogens with zero attached hydrogens (tertiary/aromatic N) is 3. The van der Waals surface area contributed by atoms with E-state index in [1.165, 1.54) is 32.2 Å². The predicted molar refractivity (Wildman–Crippen MR) is 127 cm³/mol. The Bertz CT molecular complexity index is 716. The van der Waals surface area contributed by atoms with Gasteiger partial charge < -0.3 is 20.3 Å². The molecule has 0 spiro atoms. The van der Waals surface area contributed by atoms with Crippen molar-refractivity contribution in [2.45, 2.75) is 37.8 Å². The van der Waals surface area contributed by atoms with Crippen molar-refractivity contribution in [2.75, 3.05) is 57.4 Å². The van der Waals surface area contributed by atoms with E-state index in [1.54, 1.807) is 6.20 Å². The highest BCUT2D eigenvalue weighted by Crippen LogP contribution is 2.38. The molecular formula is C22H35Cl2N5O2. The highest BCUT2D eigenvalue weighted by Gasteiger charge is 2.45. The Kier molecular flexibility index (Phi) is 8.82. The first kappa shape index (κ1) is 24.5. The van der Waals surface area contributed by atoms with Gasteiger partial charge >= 0.3 is 0 Å². The van der Waals surface area contributed by atoms with Gasteiger partial charge in [-0.25, -0.2) is 4.98 Å². The second-order valence-corrected chi connectivity index (χ2v) is 9.00. The molecule has 1 aromatic heterocycles. The molecule has 1 amide bonds. The molecule has 4 fully saturated rings. The molecule has 2 bridgehead atoms. The molecule has 174 valence electrons. The predicted octanol–water partition coefficient (Wildman–Crippen LogP) is 1.95. The Hall–Kier alpha value is -1.12. The topological polar surface area (TPSA) is 69.7 Å². The van der Waals surface area contributed by atoms with Crippen molar-refractivity contribution in [2.24, 2.45) is 11.8 Å². The molecule has 4 aliphatic heterocycles. The number of anilines is 1. The number of hydrogen-bond acceptors (Lipinski definition) is 6. The van der Waals surface area contributed by atoms with Crippen LogP contribution in [0.5, 0.6) is 0 Å². The van der Waals surface area contributed by atoms with Crippen LogP contribution in [0, 0.1) is 11.8 Å². The largest absolute Gasteiger partial charge is 0.378 e. The van der Waals surface area contributed by atoms with E-state index in [0.717, 1.165) is 57.7 Å². The monoisotopic (exact) mass is 471 g/mol. The number of piperidine rings is 3. The minimum Gasteiger partial charge on any atom is -0.378 e. The molecule has 4 atom stereocenters. The van der Waals surface area contributed by atoms with Crippen LogP contribution in [-0.4, -0.2) is 80.4 Å². The van der Waals surface area contributed by atoms with Crippen LogP contribution >= 0.6 is 24.8 Å². The lowest BCUT2D eigenvalue weighted by atomic mass is 9.73. The van der Waals surface area contributed by atoms with Crippen molar-refractivity contribution < 1.29 is 9.53 Å². The smallest absolute Gasteiger partial charge is 0.252 e. The van der Waals surface area contributed by atoms with E-state index in [2.05, 4.69) is 25.4 Å². The molecule has 4 saturated heterocycles. The molecule has 9 heteroatoms. The van der Waals surface area contributed by atoms with Crippen LogP contribution in [0.15, 0.2) is 18.3 Å². The van der Waals surface area contributed by atoms with E-state index >= 15 is 0 Å². The van der Waals surface area contributed by atoms with Crippen molar-refractivity contribution in [1.82, 2.24) is 20.5 Å². The number of hydrogen-bond donors (Lipinski definition) is 2. The summed E-state index contributed by atoms with van der Waals surface area (Å²) < 4.78 is 5.40. The fraction of sp³-hybridized carbons (Fsp3) is 0.727. The molecule has 4 aliphatic rings. The van der Waals surface area contributed by atoms with Gasteiger partial charge in [-0.05, 0) is 62.9 Å². The number of morpholine rings is 1. The van der Waals surface area contributed by atoms with Crippen molar-refractivity contribution in [1.29, 1.82) is 0 Å². The fourth-order valence-corrected chi connectivity index (χ4v) is 5.85. The first-order chi connectivity index (χ1) is 14.3. The number of pyridine rings is 1. The van der Waals surface area contributed by atoms with Gasteiger partial charge in [0.2, 0.25) is 0 Å². The molecule has 0 aromatic carbocycles. The maximum absolute atomic E-state index is 12.8. The number of amides is 1. The Morgan fingerprint density at radius 1 is 1.13 bits per heavy atom. The maximum Gasteiger partial charge on any atom is 0.252 e. The molecule has 1 aromatic rings. The number of ether oxygens (including phenoxy) is 1. The minimum absolute atomic E-state index is 0. The van der Waals surface area contributed by atoms with E-state index in [4.69, 9.17) is 4.74 Å². The van der Waals surface area contributed by atoms with Gasteiger partial charge in [0.05, 0.1) is 18.8 Å². The summed E-state index contributed by atoms with van der Waals surface area (Å²) in [6, 6.07) is 5.01. The van der Waals surface area contributed by atoms with Crippen LogP contribution < -0.4 is 15.5 Å². The Labute approximate surface area is 197 Å². The number of nitrogens with one attached hydrogen (secondary N) is 2. The second-order valence-electron chi connectivity index (χ2n) is 9.00. The molecular weight excluding hydrogens is 437 g/mol. The number of halogens is 2. The molecule has 2 N–H and O–H groups in total. The number of rotatable bonds is 4. The van der Waals surface area contributed by atoms with Gasteiger partial charge in [-0.1, -0.05) is 6.42 Å². The SMILES string of the molecule is Cl.Cl.O=C(NC[C@H]1[C@@H]2CNC[C@@H](C2)[C@@H]2CCCCN21)c1ccc(N2CCOCC2)nc1. The van der Waals surface area contributed by atoms with Crippen LogP contribution in [0.3, 0.4) is 0 Å². The Morgan fingerprint density at radius 2 is 1.94 bits per heavy atom. The van der Waals surface area contributed by atoms with E-state index in [0.29, 0.717) is 23.6 Å². The zero-order valence-corrected chi connectivity index (χ0v) is 19.6. The quantitative estimate of drug-likeness (QED) is 0.699. The van der Waals surface area contributed by atoms with Crippen molar-refractivity contribution in [3.05, 3.63) is 23.9 Å². The van der Waals surface area contributed by atoms with Crippen LogP contribution in [0.2, 0.25) is 0 Å². The molecule has 31 heavy (non-hydrogen) atoms. The number of fused-ring (bicyclic) bond motifs is 4. The second kappa shape index (κ2) is 11.1. The van der Waals surface area contributed by atoms with Gasteiger partial charge in [0.15, 0.2) is 0 Å². The summed E-state index contributed by atoms with van der Waals surface area (Å²) >= 11 is 0. The number of carbonyl (C=O) groups excluding carboxylic acids is 1. The summed E-state index contributed by atoms with van der Waals surface area (Å²) in [5, 5.41) is 6.87. The zero-order chi connectivity index (χ0) is 19.6. The molecule has 5 heterocycles. The van der Waals surface area contributed by atoms with Gasteiger partial charge in [-0.3, -0.25) is 9.69 Å². The van der Waals surface area contributed by atoms with Crippen molar-refractivity contribution in [3.63, 3.8) is 0 Å². The van der Waals surface area contributed by atoms with Gasteiger partial charge in [0, 0.05) is 37.9 Å². The first-order valence-electron chi connectivity index (χ1n) is 11.3. The van der Waals surface area contributed by atoms with Crippen LogP contribution in [0.1, 0.15) is 36.0 Å². The summed E-state index contributed by atoms with van der Waals surface area (Å²) in [7, 11) is 0. The van der Waals surface area contributed by atoms with E-state index < -0.39 is 0 Å². The third kappa shape index (κ3) is 5.28. The average Bonchev–Trinajstić information content (AvgIpc) is 2.80. The zero-order valence-electron chi connectivity index (χ0n) is 18.0. The lowest BCUT2D eigenvalue weighted by Crippen LogP contribution is -2.65. The minimum atomic E-state index is -0.00882. The van der Waals surface area contributed by atoms with E-state index in [9.17, 15) is 4.79 Å². The molecule has 7 nitrogen and oxygen atoms in total. The van der Waals surface area contributed by atoms with Gasteiger partial charge in [-0.15, -0.1) is 24.8 Å². The van der Waals surface area contributed by atoms with Gasteiger partial charge in [-0.2, -0.15) is 0 Å². The lowest BCUT2D eigenvalue weighted by molar-refractivity contribution is -0.0371. The third-order valence-corrected chi connectivity index (χ3v) is 7.34. The summed E-state index contributed by atoms with van der Waals surface area (Å²) in [6.45, 7) is 7.35. The summed E-state index contributed by atoms with van der Waals surface area (Å²) in [5.74, 6) is 2.35. The van der Waals surface area contributed by atoms with Gasteiger partial charge in [0.1, 0.15) is 5.82 Å². The van der Waals surface area contributed by atoms with E-state index in [1.807, 2.05) is 12.1 Å².